The van der Waals surface area contributed by atoms with E-state index in [1.165, 1.54) is 0 Å². The summed E-state index contributed by atoms with van der Waals surface area (Å²) in [4.78, 5) is 34.8. The molecule has 4 aromatic rings. The van der Waals surface area contributed by atoms with Gasteiger partial charge in [0.2, 0.25) is 0 Å². The number of esters is 1. The lowest BCUT2D eigenvalue weighted by Crippen LogP contribution is -2.35. The normalized spacial score (nSPS) is 13.1. The van der Waals surface area contributed by atoms with Crippen molar-refractivity contribution in [2.45, 2.75) is 25.8 Å². The smallest absolute Gasteiger partial charge is 0.340 e. The van der Waals surface area contributed by atoms with Gasteiger partial charge in [-0.15, -0.1) is 22.9 Å². The van der Waals surface area contributed by atoms with Crippen LogP contribution >= 0.6 is 22.9 Å². The highest BCUT2D eigenvalue weighted by Gasteiger charge is 2.30. The molecule has 7 heteroatoms. The van der Waals surface area contributed by atoms with Crippen molar-refractivity contribution < 1.29 is 14.3 Å². The van der Waals surface area contributed by atoms with Crippen molar-refractivity contribution in [2.75, 3.05) is 13.2 Å². The number of carbonyl (C=O) groups is 2. The molecule has 0 radical (unpaired) electrons. The molecule has 34 heavy (non-hydrogen) atoms. The lowest BCUT2D eigenvalue weighted by Gasteiger charge is -2.27. The SMILES string of the molecule is CCOC(=O)c1c(CCl)nc2sc3c(c2c1-c1ccccc1)CCN(C(=O)c1ccccc1)C3. The van der Waals surface area contributed by atoms with Crippen LogP contribution in [0, 0.1) is 0 Å². The molecule has 1 amide bonds. The van der Waals surface area contributed by atoms with E-state index in [9.17, 15) is 9.59 Å². The molecule has 2 aromatic carbocycles. The van der Waals surface area contributed by atoms with Gasteiger partial charge in [0.1, 0.15) is 4.83 Å². The summed E-state index contributed by atoms with van der Waals surface area (Å²) in [5, 5.41) is 0.968. The molecule has 0 saturated heterocycles. The Hall–Kier alpha value is -3.22. The Morgan fingerprint density at radius 2 is 1.79 bits per heavy atom. The Morgan fingerprint density at radius 1 is 1.09 bits per heavy atom. The number of ether oxygens (including phenoxy) is 1. The van der Waals surface area contributed by atoms with Crippen LogP contribution in [0.2, 0.25) is 0 Å². The zero-order valence-corrected chi connectivity index (χ0v) is 20.3. The molecular weight excluding hydrogens is 468 g/mol. The van der Waals surface area contributed by atoms with Crippen LogP contribution in [0.5, 0.6) is 0 Å². The van der Waals surface area contributed by atoms with E-state index in [-0.39, 0.29) is 18.4 Å². The predicted molar refractivity (Wildman–Crippen MR) is 135 cm³/mol. The first kappa shape index (κ1) is 22.6. The van der Waals surface area contributed by atoms with Crippen molar-refractivity contribution in [1.29, 1.82) is 0 Å². The average molecular weight is 491 g/mol. The van der Waals surface area contributed by atoms with Crippen molar-refractivity contribution in [3.63, 3.8) is 0 Å². The van der Waals surface area contributed by atoms with E-state index in [2.05, 4.69) is 0 Å². The van der Waals surface area contributed by atoms with Gasteiger partial charge in [-0.05, 0) is 36.6 Å². The third kappa shape index (κ3) is 3.97. The molecule has 0 N–H and O–H groups in total. The van der Waals surface area contributed by atoms with E-state index >= 15 is 0 Å². The summed E-state index contributed by atoms with van der Waals surface area (Å²) in [7, 11) is 0. The summed E-state index contributed by atoms with van der Waals surface area (Å²) in [5.74, 6) is -0.290. The highest BCUT2D eigenvalue weighted by Crippen LogP contribution is 2.43. The summed E-state index contributed by atoms with van der Waals surface area (Å²) in [5.41, 5.74) is 4.52. The largest absolute Gasteiger partial charge is 0.462 e. The molecule has 0 unspecified atom stereocenters. The summed E-state index contributed by atoms with van der Waals surface area (Å²) in [6, 6.07) is 19.2. The van der Waals surface area contributed by atoms with Gasteiger partial charge in [-0.1, -0.05) is 48.5 Å². The number of fused-ring (bicyclic) bond motifs is 3. The topological polar surface area (TPSA) is 59.5 Å². The second-order valence-electron chi connectivity index (χ2n) is 8.06. The maximum Gasteiger partial charge on any atom is 0.340 e. The zero-order chi connectivity index (χ0) is 23.7. The number of halogens is 1. The molecule has 0 atom stereocenters. The predicted octanol–water partition coefficient (Wildman–Crippen LogP) is 6.08. The summed E-state index contributed by atoms with van der Waals surface area (Å²) < 4.78 is 5.41. The number of pyridine rings is 1. The van der Waals surface area contributed by atoms with Crippen molar-refractivity contribution >= 4 is 45.0 Å². The van der Waals surface area contributed by atoms with Gasteiger partial charge in [0, 0.05) is 27.9 Å². The summed E-state index contributed by atoms with van der Waals surface area (Å²) >= 11 is 7.85. The molecule has 5 rings (SSSR count). The fourth-order valence-corrected chi connectivity index (χ4v) is 5.98. The van der Waals surface area contributed by atoms with Crippen LogP contribution in [0.1, 0.15) is 43.8 Å². The van der Waals surface area contributed by atoms with Crippen LogP contribution in [0.25, 0.3) is 21.3 Å². The lowest BCUT2D eigenvalue weighted by atomic mass is 9.92. The van der Waals surface area contributed by atoms with Gasteiger partial charge in [0.15, 0.2) is 0 Å². The minimum atomic E-state index is -0.414. The number of hydrogen-bond acceptors (Lipinski definition) is 5. The van der Waals surface area contributed by atoms with Gasteiger partial charge < -0.3 is 9.64 Å². The van der Waals surface area contributed by atoms with Crippen LogP contribution in [-0.4, -0.2) is 34.9 Å². The molecule has 0 fully saturated rings. The van der Waals surface area contributed by atoms with Gasteiger partial charge >= 0.3 is 5.97 Å². The number of aromatic nitrogens is 1. The molecule has 172 valence electrons. The van der Waals surface area contributed by atoms with Crippen molar-refractivity contribution in [1.82, 2.24) is 9.88 Å². The first-order valence-corrected chi connectivity index (χ1v) is 12.6. The fraction of sp³-hybridized carbons (Fsp3) is 0.222. The third-order valence-corrected chi connectivity index (χ3v) is 7.40. The van der Waals surface area contributed by atoms with Crippen LogP contribution < -0.4 is 0 Å². The minimum Gasteiger partial charge on any atom is -0.462 e. The molecular formula is C27H23ClN2O3S. The van der Waals surface area contributed by atoms with Crippen molar-refractivity contribution in [3.8, 4) is 11.1 Å². The molecule has 0 bridgehead atoms. The molecule has 1 aliphatic rings. The number of amides is 1. The van der Waals surface area contributed by atoms with E-state index in [1.54, 1.807) is 18.3 Å². The van der Waals surface area contributed by atoms with Gasteiger partial charge in [-0.25, -0.2) is 9.78 Å². The van der Waals surface area contributed by atoms with Gasteiger partial charge in [-0.3, -0.25) is 4.79 Å². The minimum absolute atomic E-state index is 0.0219. The number of rotatable bonds is 5. The number of carbonyl (C=O) groups excluding carboxylic acids is 2. The fourth-order valence-electron chi connectivity index (χ4n) is 4.52. The Morgan fingerprint density at radius 3 is 2.47 bits per heavy atom. The monoisotopic (exact) mass is 490 g/mol. The van der Waals surface area contributed by atoms with E-state index < -0.39 is 5.97 Å². The quantitative estimate of drug-likeness (QED) is 0.251. The number of alkyl halides is 1. The van der Waals surface area contributed by atoms with Crippen LogP contribution in [0.4, 0.5) is 0 Å². The molecule has 0 aliphatic carbocycles. The molecule has 0 spiro atoms. The molecule has 5 nitrogen and oxygen atoms in total. The highest BCUT2D eigenvalue weighted by molar-refractivity contribution is 7.19. The molecule has 1 aliphatic heterocycles. The van der Waals surface area contributed by atoms with E-state index in [4.69, 9.17) is 21.3 Å². The van der Waals surface area contributed by atoms with E-state index in [0.717, 1.165) is 31.8 Å². The highest BCUT2D eigenvalue weighted by atomic mass is 35.5. The second-order valence-corrected chi connectivity index (χ2v) is 9.41. The van der Waals surface area contributed by atoms with E-state index in [0.29, 0.717) is 36.3 Å². The van der Waals surface area contributed by atoms with Crippen LogP contribution in [0.15, 0.2) is 60.7 Å². The Kier molecular flexibility index (Phi) is 6.35. The van der Waals surface area contributed by atoms with Crippen LogP contribution in [0.3, 0.4) is 0 Å². The Labute approximate surface area is 207 Å². The van der Waals surface area contributed by atoms with Gasteiger partial charge in [0.05, 0.1) is 30.3 Å². The average Bonchev–Trinajstić information content (AvgIpc) is 3.25. The lowest BCUT2D eigenvalue weighted by molar-refractivity contribution is 0.0525. The standard InChI is InChI=1S/C27H23ClN2O3S/c1-2-33-27(32)24-20(15-28)29-25-23(22(24)17-9-5-3-6-10-17)19-13-14-30(16-21(19)34-25)26(31)18-11-7-4-8-12-18/h3-12H,2,13-16H2,1H3. The Balaban J connectivity index is 1.67. The number of thiophene rings is 1. The van der Waals surface area contributed by atoms with Crippen molar-refractivity contribution in [2.24, 2.45) is 0 Å². The first-order valence-electron chi connectivity index (χ1n) is 11.2. The third-order valence-electron chi connectivity index (χ3n) is 6.04. The first-order chi connectivity index (χ1) is 16.6. The molecule has 0 saturated carbocycles. The zero-order valence-electron chi connectivity index (χ0n) is 18.7. The van der Waals surface area contributed by atoms with Crippen LogP contribution in [-0.2, 0) is 23.6 Å². The van der Waals surface area contributed by atoms with Gasteiger partial charge in [-0.2, -0.15) is 0 Å². The number of nitrogens with zero attached hydrogens (tertiary/aromatic N) is 2. The summed E-state index contributed by atoms with van der Waals surface area (Å²) in [6.45, 7) is 3.18. The maximum atomic E-state index is 13.1. The number of hydrogen-bond donors (Lipinski definition) is 0. The second kappa shape index (κ2) is 9.57. The molecule has 2 aromatic heterocycles. The van der Waals surface area contributed by atoms with Gasteiger partial charge in [0.25, 0.3) is 5.91 Å². The van der Waals surface area contributed by atoms with Crippen molar-refractivity contribution in [3.05, 3.63) is 87.9 Å². The summed E-state index contributed by atoms with van der Waals surface area (Å²) in [6.07, 6.45) is 0.692. The maximum absolute atomic E-state index is 13.1. The molecule has 3 heterocycles. The van der Waals surface area contributed by atoms with E-state index in [1.807, 2.05) is 65.6 Å². The number of benzene rings is 2. The Bertz CT molecular complexity index is 1370.